The number of ether oxygens (including phenoxy) is 1. The van der Waals surface area contributed by atoms with E-state index in [-0.39, 0.29) is 5.56 Å². The number of rotatable bonds is 5. The summed E-state index contributed by atoms with van der Waals surface area (Å²) in [6.07, 6.45) is 2.15. The molecule has 0 bridgehead atoms. The zero-order chi connectivity index (χ0) is 19.8. The Bertz CT molecular complexity index is 767. The topological polar surface area (TPSA) is 93.0 Å². The highest BCUT2D eigenvalue weighted by molar-refractivity contribution is 7.99. The zero-order valence-electron chi connectivity index (χ0n) is 16.7. The molecule has 0 atom stereocenters. The molecule has 1 fully saturated rings. The van der Waals surface area contributed by atoms with Gasteiger partial charge in [-0.3, -0.25) is 4.79 Å². The first-order chi connectivity index (χ1) is 12.8. The molecular weight excluding hydrogens is 360 g/mol. The third-order valence-electron chi connectivity index (χ3n) is 3.84. The highest BCUT2D eigenvalue weighted by Crippen LogP contribution is 2.25. The van der Waals surface area contributed by atoms with E-state index in [1.54, 1.807) is 0 Å². The van der Waals surface area contributed by atoms with Gasteiger partial charge in [-0.25, -0.2) is 4.98 Å². The van der Waals surface area contributed by atoms with Crippen molar-refractivity contribution in [1.82, 2.24) is 9.97 Å². The van der Waals surface area contributed by atoms with Crippen LogP contribution < -0.4 is 16.6 Å². The molecule has 0 radical (unpaired) electrons. The lowest BCUT2D eigenvalue weighted by Gasteiger charge is -2.21. The van der Waals surface area contributed by atoms with Crippen LogP contribution in [0.25, 0.3) is 10.9 Å². The Morgan fingerprint density at radius 1 is 1.30 bits per heavy atom. The van der Waals surface area contributed by atoms with E-state index < -0.39 is 0 Å². The molecular formula is C20H32N4O2S. The summed E-state index contributed by atoms with van der Waals surface area (Å²) in [5.74, 6) is 1.48. The molecule has 1 saturated heterocycles. The van der Waals surface area contributed by atoms with E-state index in [1.165, 1.54) is 0 Å². The Hall–Kier alpha value is -1.57. The van der Waals surface area contributed by atoms with Crippen LogP contribution in [0.3, 0.4) is 0 Å². The molecule has 0 aliphatic carbocycles. The smallest absolute Gasteiger partial charge is 0.258 e. The predicted molar refractivity (Wildman–Crippen MR) is 116 cm³/mol. The van der Waals surface area contributed by atoms with Gasteiger partial charge in [-0.1, -0.05) is 13.8 Å². The maximum atomic E-state index is 12.2. The van der Waals surface area contributed by atoms with Gasteiger partial charge in [-0.15, -0.1) is 0 Å². The predicted octanol–water partition coefficient (Wildman–Crippen LogP) is 3.51. The SMILES string of the molecule is CC(C)N.CC(C)Nc1ccc2c(=O)[nH]c(CSC3CCOCC3)nc2c1. The van der Waals surface area contributed by atoms with E-state index in [2.05, 4.69) is 29.1 Å². The Kier molecular flexibility index (Phi) is 8.60. The summed E-state index contributed by atoms with van der Waals surface area (Å²) in [5.41, 5.74) is 6.80. The van der Waals surface area contributed by atoms with Crippen molar-refractivity contribution in [1.29, 1.82) is 0 Å². The van der Waals surface area contributed by atoms with Crippen molar-refractivity contribution in [3.05, 3.63) is 34.4 Å². The number of H-pyrrole nitrogens is 1. The lowest BCUT2D eigenvalue weighted by atomic mass is 10.2. The zero-order valence-corrected chi connectivity index (χ0v) is 17.6. The molecule has 1 aliphatic heterocycles. The van der Waals surface area contributed by atoms with Crippen LogP contribution >= 0.6 is 11.8 Å². The molecule has 0 saturated carbocycles. The van der Waals surface area contributed by atoms with Gasteiger partial charge in [0.25, 0.3) is 5.56 Å². The van der Waals surface area contributed by atoms with E-state index in [4.69, 9.17) is 10.5 Å². The highest BCUT2D eigenvalue weighted by Gasteiger charge is 2.15. The van der Waals surface area contributed by atoms with Gasteiger partial charge in [-0.2, -0.15) is 11.8 Å². The van der Waals surface area contributed by atoms with Gasteiger partial charge in [0.2, 0.25) is 0 Å². The van der Waals surface area contributed by atoms with Crippen LogP contribution in [-0.4, -0.2) is 40.5 Å². The Morgan fingerprint density at radius 3 is 2.59 bits per heavy atom. The van der Waals surface area contributed by atoms with E-state index in [1.807, 2.05) is 43.8 Å². The second-order valence-electron chi connectivity index (χ2n) is 7.41. The van der Waals surface area contributed by atoms with E-state index in [0.717, 1.165) is 48.8 Å². The molecule has 7 heteroatoms. The summed E-state index contributed by atoms with van der Waals surface area (Å²) < 4.78 is 5.38. The number of thioether (sulfide) groups is 1. The van der Waals surface area contributed by atoms with Gasteiger partial charge in [0.1, 0.15) is 5.82 Å². The Labute approximate surface area is 165 Å². The number of benzene rings is 1. The molecule has 0 amide bonds. The summed E-state index contributed by atoms with van der Waals surface area (Å²) in [5, 5.41) is 4.58. The van der Waals surface area contributed by atoms with Crippen molar-refractivity contribution >= 4 is 28.4 Å². The molecule has 27 heavy (non-hydrogen) atoms. The molecule has 1 aromatic heterocycles. The van der Waals surface area contributed by atoms with Crippen molar-refractivity contribution in [2.24, 2.45) is 5.73 Å². The van der Waals surface area contributed by atoms with E-state index >= 15 is 0 Å². The van der Waals surface area contributed by atoms with Crippen LogP contribution in [-0.2, 0) is 10.5 Å². The maximum Gasteiger partial charge on any atom is 0.258 e. The second-order valence-corrected chi connectivity index (χ2v) is 8.70. The standard InChI is InChI=1S/C17H23N3O2S.C3H9N/c1-11(2)18-12-3-4-14-15(9-12)19-16(20-17(14)21)10-23-13-5-7-22-8-6-13;1-3(2)4/h3-4,9,11,13,18H,5-8,10H2,1-2H3,(H,19,20,21);3H,4H2,1-2H3. The van der Waals surface area contributed by atoms with Crippen LogP contribution in [0.2, 0.25) is 0 Å². The average Bonchev–Trinajstić information content (AvgIpc) is 2.59. The number of aromatic amines is 1. The van der Waals surface area contributed by atoms with Gasteiger partial charge in [0.15, 0.2) is 0 Å². The molecule has 2 aromatic rings. The Balaban J connectivity index is 0.000000596. The van der Waals surface area contributed by atoms with Crippen molar-refractivity contribution in [3.63, 3.8) is 0 Å². The second kappa shape index (κ2) is 10.7. The monoisotopic (exact) mass is 392 g/mol. The average molecular weight is 393 g/mol. The number of hydrogen-bond donors (Lipinski definition) is 3. The highest BCUT2D eigenvalue weighted by atomic mass is 32.2. The summed E-state index contributed by atoms with van der Waals surface area (Å²) >= 11 is 1.85. The fraction of sp³-hybridized carbons (Fsp3) is 0.600. The minimum Gasteiger partial charge on any atom is -0.383 e. The summed E-state index contributed by atoms with van der Waals surface area (Å²) in [6, 6.07) is 6.39. The third kappa shape index (κ3) is 7.52. The van der Waals surface area contributed by atoms with Crippen molar-refractivity contribution < 1.29 is 4.74 Å². The molecule has 0 unspecified atom stereocenters. The van der Waals surface area contributed by atoms with Crippen LogP contribution in [0.4, 0.5) is 5.69 Å². The number of aromatic nitrogens is 2. The lowest BCUT2D eigenvalue weighted by Crippen LogP contribution is -2.18. The Morgan fingerprint density at radius 2 is 1.96 bits per heavy atom. The van der Waals surface area contributed by atoms with Gasteiger partial charge in [0.05, 0.1) is 16.7 Å². The minimum atomic E-state index is -0.0614. The van der Waals surface area contributed by atoms with Crippen LogP contribution in [0, 0.1) is 0 Å². The van der Waals surface area contributed by atoms with Crippen LogP contribution in [0.15, 0.2) is 23.0 Å². The normalized spacial score (nSPS) is 15.1. The first-order valence-corrected chi connectivity index (χ1v) is 10.6. The first kappa shape index (κ1) is 21.7. The molecule has 3 rings (SSSR count). The molecule has 2 heterocycles. The van der Waals surface area contributed by atoms with Gasteiger partial charge >= 0.3 is 0 Å². The molecule has 6 nitrogen and oxygen atoms in total. The molecule has 4 N–H and O–H groups in total. The van der Waals surface area contributed by atoms with Crippen LogP contribution in [0.1, 0.15) is 46.4 Å². The van der Waals surface area contributed by atoms with Crippen molar-refractivity contribution in [3.8, 4) is 0 Å². The first-order valence-electron chi connectivity index (χ1n) is 9.59. The van der Waals surface area contributed by atoms with Crippen molar-refractivity contribution in [2.45, 2.75) is 63.6 Å². The summed E-state index contributed by atoms with van der Waals surface area (Å²) in [6.45, 7) is 9.74. The largest absolute Gasteiger partial charge is 0.383 e. The quantitative estimate of drug-likeness (QED) is 0.721. The van der Waals surface area contributed by atoms with Gasteiger partial charge in [0, 0.05) is 30.2 Å². The molecule has 1 aliphatic rings. The number of hydrogen-bond acceptors (Lipinski definition) is 6. The molecule has 0 spiro atoms. The van der Waals surface area contributed by atoms with Crippen molar-refractivity contribution in [2.75, 3.05) is 18.5 Å². The fourth-order valence-electron chi connectivity index (χ4n) is 2.72. The van der Waals surface area contributed by atoms with E-state index in [9.17, 15) is 4.79 Å². The molecule has 150 valence electrons. The van der Waals surface area contributed by atoms with Crippen LogP contribution in [0.5, 0.6) is 0 Å². The maximum absolute atomic E-state index is 12.2. The third-order valence-corrected chi connectivity index (χ3v) is 5.22. The fourth-order valence-corrected chi connectivity index (χ4v) is 3.77. The number of nitrogens with one attached hydrogen (secondary N) is 2. The molecule has 1 aromatic carbocycles. The van der Waals surface area contributed by atoms with Gasteiger partial charge < -0.3 is 20.8 Å². The summed E-state index contributed by atoms with van der Waals surface area (Å²) in [7, 11) is 0. The number of nitrogens with two attached hydrogens (primary N) is 1. The number of anilines is 1. The minimum absolute atomic E-state index is 0.0614. The number of fused-ring (bicyclic) bond motifs is 1. The van der Waals surface area contributed by atoms with Gasteiger partial charge in [-0.05, 0) is 50.9 Å². The number of nitrogens with zero attached hydrogens (tertiary/aromatic N) is 1. The summed E-state index contributed by atoms with van der Waals surface area (Å²) in [4.78, 5) is 19.8. The van der Waals surface area contributed by atoms with E-state index in [0.29, 0.717) is 22.7 Å². The lowest BCUT2D eigenvalue weighted by molar-refractivity contribution is 0.1000.